The van der Waals surface area contributed by atoms with Crippen LogP contribution < -0.4 is 0 Å². The van der Waals surface area contributed by atoms with E-state index in [9.17, 15) is 0 Å². The molecular weight excluding hydrogens is 124 g/mol. The van der Waals surface area contributed by atoms with E-state index < -0.39 is 0 Å². The first-order valence-corrected chi connectivity index (χ1v) is 3.42. The summed E-state index contributed by atoms with van der Waals surface area (Å²) < 4.78 is 3.83. The number of aryl methyl sites for hydroxylation is 1. The molecule has 0 amide bonds. The highest BCUT2D eigenvalue weighted by Crippen LogP contribution is 2.13. The lowest BCUT2D eigenvalue weighted by Gasteiger charge is -2.03. The Kier molecular flexibility index (Phi) is 2.32. The van der Waals surface area contributed by atoms with Crippen LogP contribution in [0.1, 0.15) is 12.5 Å². The Bertz CT molecular complexity index is 186. The lowest BCUT2D eigenvalue weighted by Crippen LogP contribution is -1.80. The molecule has 1 aromatic rings. The molecule has 0 aromatic heterocycles. The van der Waals surface area contributed by atoms with Gasteiger partial charge >= 0.3 is 0 Å². The van der Waals surface area contributed by atoms with Gasteiger partial charge in [-0.25, -0.2) is 0 Å². The molecule has 0 aliphatic carbocycles. The first-order chi connectivity index (χ1) is 4.86. The third-order valence-electron chi connectivity index (χ3n) is 1.50. The molecule has 0 bridgehead atoms. The molecule has 0 spiro atoms. The fourth-order valence-electron chi connectivity index (χ4n) is 0.875. The Hall–Kier alpha value is -0.980. The summed E-state index contributed by atoms with van der Waals surface area (Å²) in [6.07, 6.45) is 1.06. The van der Waals surface area contributed by atoms with Crippen LogP contribution in [0.3, 0.4) is 0 Å². The van der Waals surface area contributed by atoms with Gasteiger partial charge in [0, 0.05) is 12.1 Å². The van der Waals surface area contributed by atoms with Crippen molar-refractivity contribution in [1.82, 2.24) is 0 Å². The van der Waals surface area contributed by atoms with Gasteiger partial charge in [-0.2, -0.15) is 0 Å². The van der Waals surface area contributed by atoms with Crippen molar-refractivity contribution in [3.05, 3.63) is 36.9 Å². The molecule has 1 nitrogen and oxygen atoms in total. The van der Waals surface area contributed by atoms with Crippen molar-refractivity contribution in [3.63, 3.8) is 0 Å². The van der Waals surface area contributed by atoms with Crippen LogP contribution in [-0.4, -0.2) is 4.74 Å². The highest BCUT2D eigenvalue weighted by Gasteiger charge is 1.92. The number of benzene rings is 1. The number of aliphatic hydroxyl groups is 1. The zero-order valence-corrected chi connectivity index (χ0v) is 6.17. The van der Waals surface area contributed by atoms with E-state index >= 15 is 0 Å². The van der Waals surface area contributed by atoms with E-state index in [-0.39, 0.29) is 0 Å². The topological polar surface area (TPSA) is 12.8 Å². The maximum Gasteiger partial charge on any atom is 0.226 e. The van der Waals surface area contributed by atoms with Crippen LogP contribution in [0.15, 0.2) is 24.3 Å². The van der Waals surface area contributed by atoms with Gasteiger partial charge in [-0.3, -0.25) is 0 Å². The van der Waals surface area contributed by atoms with Crippen LogP contribution in [0.2, 0.25) is 0 Å². The van der Waals surface area contributed by atoms with E-state index in [0.29, 0.717) is 0 Å². The third-order valence-corrected chi connectivity index (χ3v) is 1.50. The van der Waals surface area contributed by atoms with Gasteiger partial charge in [0.1, 0.15) is 0 Å². The summed E-state index contributed by atoms with van der Waals surface area (Å²) >= 11 is 0. The molecule has 54 valence electrons. The van der Waals surface area contributed by atoms with Crippen molar-refractivity contribution < 1.29 is 4.74 Å². The second kappa shape index (κ2) is 3.25. The monoisotopic (exact) mass is 136 g/mol. The molecule has 1 heteroatoms. The summed E-state index contributed by atoms with van der Waals surface area (Å²) in [6.45, 7) is 2.13. The van der Waals surface area contributed by atoms with Crippen LogP contribution in [0.4, 0.5) is 0 Å². The SMILES string of the molecule is [CH2-][OH+]c1cccc(CC)c1. The van der Waals surface area contributed by atoms with Crippen molar-refractivity contribution in [2.45, 2.75) is 13.3 Å². The highest BCUT2D eigenvalue weighted by atomic mass is 16.5. The van der Waals surface area contributed by atoms with Crippen molar-refractivity contribution >= 4 is 0 Å². The summed E-state index contributed by atoms with van der Waals surface area (Å²) in [7, 11) is 3.46. The molecule has 0 radical (unpaired) electrons. The van der Waals surface area contributed by atoms with Gasteiger partial charge < -0.3 is 4.74 Å². The van der Waals surface area contributed by atoms with Crippen molar-refractivity contribution in [3.8, 4) is 5.75 Å². The average molecular weight is 136 g/mol. The van der Waals surface area contributed by atoms with Crippen LogP contribution in [-0.2, 0) is 6.42 Å². The van der Waals surface area contributed by atoms with Gasteiger partial charge in [0.2, 0.25) is 5.75 Å². The van der Waals surface area contributed by atoms with Gasteiger partial charge in [0.25, 0.3) is 0 Å². The van der Waals surface area contributed by atoms with E-state index in [4.69, 9.17) is 0 Å². The Morgan fingerprint density at radius 3 is 2.90 bits per heavy atom. The van der Waals surface area contributed by atoms with Gasteiger partial charge in [0.05, 0.1) is 0 Å². The molecule has 0 saturated carbocycles. The zero-order chi connectivity index (χ0) is 7.40. The third kappa shape index (κ3) is 1.50. The van der Waals surface area contributed by atoms with Crippen LogP contribution in [0, 0.1) is 7.11 Å². The van der Waals surface area contributed by atoms with E-state index in [0.717, 1.165) is 12.2 Å². The minimum absolute atomic E-state index is 0.958. The molecule has 0 unspecified atom stereocenters. The minimum Gasteiger partial charge on any atom is -0.722 e. The average Bonchev–Trinajstić information content (AvgIpc) is 2.05. The summed E-state index contributed by atoms with van der Waals surface area (Å²) in [5.41, 5.74) is 1.31. The summed E-state index contributed by atoms with van der Waals surface area (Å²) in [4.78, 5) is 0. The first-order valence-electron chi connectivity index (χ1n) is 3.42. The summed E-state index contributed by atoms with van der Waals surface area (Å²) in [5.74, 6) is 0.958. The van der Waals surface area contributed by atoms with Crippen LogP contribution >= 0.6 is 0 Å². The van der Waals surface area contributed by atoms with Gasteiger partial charge in [0.15, 0.2) is 0 Å². The van der Waals surface area contributed by atoms with E-state index in [1.165, 1.54) is 5.56 Å². The Labute approximate surface area is 61.6 Å². The van der Waals surface area contributed by atoms with E-state index in [1.54, 1.807) is 0 Å². The summed E-state index contributed by atoms with van der Waals surface area (Å²) in [6, 6.07) is 8.09. The molecule has 10 heavy (non-hydrogen) atoms. The van der Waals surface area contributed by atoms with Gasteiger partial charge in [-0.05, 0) is 19.1 Å². The first kappa shape index (κ1) is 7.13. The fourth-order valence-corrected chi connectivity index (χ4v) is 0.875. The molecule has 1 N–H and O–H groups in total. The number of hydrogen-bond donors (Lipinski definition) is 0. The van der Waals surface area contributed by atoms with Gasteiger partial charge in [-0.15, -0.1) is 0 Å². The van der Waals surface area contributed by atoms with Crippen molar-refractivity contribution in [1.29, 1.82) is 0 Å². The predicted molar refractivity (Wildman–Crippen MR) is 42.8 cm³/mol. The van der Waals surface area contributed by atoms with Crippen molar-refractivity contribution in [2.75, 3.05) is 0 Å². The highest BCUT2D eigenvalue weighted by molar-refractivity contribution is 5.27. The normalized spacial score (nSPS) is 9.40. The van der Waals surface area contributed by atoms with Crippen molar-refractivity contribution in [2.24, 2.45) is 0 Å². The van der Waals surface area contributed by atoms with Crippen LogP contribution in [0.5, 0.6) is 5.75 Å². The molecule has 1 aromatic carbocycles. The quantitative estimate of drug-likeness (QED) is 0.437. The van der Waals surface area contributed by atoms with E-state index in [2.05, 4.69) is 24.8 Å². The molecule has 0 heterocycles. The Morgan fingerprint density at radius 1 is 1.50 bits per heavy atom. The lowest BCUT2D eigenvalue weighted by atomic mass is 10.2. The van der Waals surface area contributed by atoms with Gasteiger partial charge in [-0.1, -0.05) is 19.1 Å². The molecular formula is C9H12O. The molecule has 0 fully saturated rings. The largest absolute Gasteiger partial charge is 0.722 e. The van der Waals surface area contributed by atoms with E-state index in [1.807, 2.05) is 18.2 Å². The van der Waals surface area contributed by atoms with Crippen LogP contribution in [0.25, 0.3) is 0 Å². The lowest BCUT2D eigenvalue weighted by molar-refractivity contribution is 0.185. The number of ether oxygens (including phenoxy) is 1. The predicted octanol–water partition coefficient (Wildman–Crippen LogP) is 2.28. The zero-order valence-electron chi connectivity index (χ0n) is 6.17. The fraction of sp³-hybridized carbons (Fsp3) is 0.222. The Morgan fingerprint density at radius 2 is 2.30 bits per heavy atom. The molecule has 0 atom stereocenters. The minimum atomic E-state index is 0.958. The second-order valence-electron chi connectivity index (χ2n) is 2.18. The molecule has 0 aliphatic heterocycles. The number of aromatic hydroxyl groups is 1. The molecule has 1 rings (SSSR count). The summed E-state index contributed by atoms with van der Waals surface area (Å²) in [5, 5.41) is 0. The maximum atomic E-state index is 3.83. The maximum absolute atomic E-state index is 3.83. The number of hydrogen-bond acceptors (Lipinski definition) is 0. The smallest absolute Gasteiger partial charge is 0.226 e. The standard InChI is InChI=1S/C9H12O/c1-3-8-5-4-6-9(7-8)10-2/h4-7,10H,2-3H2,1H3. The number of rotatable bonds is 2. The second-order valence-corrected chi connectivity index (χ2v) is 2.18. The molecule has 0 aliphatic rings. The molecule has 0 saturated heterocycles. The Balaban J connectivity index is 2.87.